The van der Waals surface area contributed by atoms with Gasteiger partial charge >= 0.3 is 0 Å². The number of hydrogen-bond acceptors (Lipinski definition) is 4. The van der Waals surface area contributed by atoms with Crippen LogP contribution in [-0.4, -0.2) is 59.4 Å². The van der Waals surface area contributed by atoms with Crippen LogP contribution in [0.15, 0.2) is 42.6 Å². The van der Waals surface area contributed by atoms with Gasteiger partial charge in [-0.15, -0.1) is 0 Å². The van der Waals surface area contributed by atoms with E-state index in [2.05, 4.69) is 18.8 Å². The molecule has 2 amide bonds. The first kappa shape index (κ1) is 23.2. The summed E-state index contributed by atoms with van der Waals surface area (Å²) in [4.78, 5) is 34.7. The number of hydrogen-bond donors (Lipinski definition) is 0. The summed E-state index contributed by atoms with van der Waals surface area (Å²) in [6.45, 7) is 6.01. The van der Waals surface area contributed by atoms with E-state index in [4.69, 9.17) is 4.74 Å². The summed E-state index contributed by atoms with van der Waals surface area (Å²) >= 11 is 0. The number of likely N-dealkylation sites (tertiary alicyclic amines) is 2. The number of aromatic nitrogens is 1. The third kappa shape index (κ3) is 4.72. The van der Waals surface area contributed by atoms with E-state index in [0.717, 1.165) is 18.4 Å². The molecule has 2 aliphatic rings. The van der Waals surface area contributed by atoms with E-state index in [1.807, 2.05) is 4.90 Å². The van der Waals surface area contributed by atoms with Crippen molar-refractivity contribution in [3.05, 3.63) is 59.5 Å². The summed E-state index contributed by atoms with van der Waals surface area (Å²) in [6.07, 6.45) is 4.39. The third-order valence-electron chi connectivity index (χ3n) is 6.93. The number of ether oxygens (including phenoxy) is 1. The van der Waals surface area contributed by atoms with Crippen LogP contribution in [-0.2, 0) is 11.2 Å². The van der Waals surface area contributed by atoms with Gasteiger partial charge in [0.2, 0.25) is 11.8 Å². The van der Waals surface area contributed by atoms with Crippen LogP contribution >= 0.6 is 0 Å². The number of halogens is 1. The maximum absolute atomic E-state index is 13.7. The smallest absolute Gasteiger partial charge is 0.259 e. The summed E-state index contributed by atoms with van der Waals surface area (Å²) in [5, 5.41) is 0. The van der Waals surface area contributed by atoms with Gasteiger partial charge in [0, 0.05) is 31.9 Å². The largest absolute Gasteiger partial charge is 0.480 e. The lowest BCUT2D eigenvalue weighted by molar-refractivity contribution is -0.139. The summed E-state index contributed by atoms with van der Waals surface area (Å²) in [6, 6.07) is 10.1. The Kier molecular flexibility index (Phi) is 6.68. The maximum Gasteiger partial charge on any atom is 0.259 e. The van der Waals surface area contributed by atoms with Gasteiger partial charge in [0.05, 0.1) is 12.5 Å². The number of pyridine rings is 1. The zero-order valence-corrected chi connectivity index (χ0v) is 19.6. The molecule has 2 fully saturated rings. The SMILES string of the molecule is COc1ncccc1C(=O)N1CCC2(CC1)C[C@H](Cc1ccc(F)cc1)N(CC(C)C)C2=O. The van der Waals surface area contributed by atoms with Crippen LogP contribution in [0, 0.1) is 17.2 Å². The van der Waals surface area contributed by atoms with Crippen LogP contribution in [0.5, 0.6) is 5.88 Å². The molecular formula is C26H32FN3O3. The van der Waals surface area contributed by atoms with Gasteiger partial charge in [-0.25, -0.2) is 9.37 Å². The molecule has 33 heavy (non-hydrogen) atoms. The minimum atomic E-state index is -0.435. The quantitative estimate of drug-likeness (QED) is 0.665. The fourth-order valence-corrected chi connectivity index (χ4v) is 5.26. The van der Waals surface area contributed by atoms with Crippen LogP contribution in [0.2, 0.25) is 0 Å². The number of methoxy groups -OCH3 is 1. The maximum atomic E-state index is 13.7. The number of carbonyl (C=O) groups is 2. The Bertz CT molecular complexity index is 1000. The van der Waals surface area contributed by atoms with Crippen LogP contribution in [0.3, 0.4) is 0 Å². The van der Waals surface area contributed by atoms with E-state index < -0.39 is 5.41 Å². The summed E-state index contributed by atoms with van der Waals surface area (Å²) in [7, 11) is 1.51. The molecule has 4 rings (SSSR count). The Hall–Kier alpha value is -2.96. The molecule has 1 atom stereocenters. The van der Waals surface area contributed by atoms with Gasteiger partial charge in [0.15, 0.2) is 0 Å². The summed E-state index contributed by atoms with van der Waals surface area (Å²) in [5.74, 6) is 0.525. The first-order valence-electron chi connectivity index (χ1n) is 11.7. The van der Waals surface area contributed by atoms with Gasteiger partial charge in [0.25, 0.3) is 5.91 Å². The van der Waals surface area contributed by atoms with E-state index >= 15 is 0 Å². The second-order valence-corrected chi connectivity index (χ2v) is 9.67. The highest BCUT2D eigenvalue weighted by Crippen LogP contribution is 2.45. The van der Waals surface area contributed by atoms with Crippen molar-refractivity contribution in [2.75, 3.05) is 26.7 Å². The highest BCUT2D eigenvalue weighted by molar-refractivity contribution is 5.96. The Morgan fingerprint density at radius 2 is 1.91 bits per heavy atom. The van der Waals surface area contributed by atoms with E-state index in [0.29, 0.717) is 49.8 Å². The second-order valence-electron chi connectivity index (χ2n) is 9.67. The van der Waals surface area contributed by atoms with Gasteiger partial charge in [-0.2, -0.15) is 0 Å². The molecule has 7 heteroatoms. The van der Waals surface area contributed by atoms with Gasteiger partial charge in [-0.3, -0.25) is 9.59 Å². The van der Waals surface area contributed by atoms with Crippen LogP contribution in [0.4, 0.5) is 4.39 Å². The van der Waals surface area contributed by atoms with Crippen LogP contribution in [0.1, 0.15) is 49.0 Å². The molecule has 2 saturated heterocycles. The first-order chi connectivity index (χ1) is 15.8. The molecule has 2 aliphatic heterocycles. The number of rotatable bonds is 6. The average molecular weight is 454 g/mol. The van der Waals surface area contributed by atoms with Crippen LogP contribution in [0.25, 0.3) is 0 Å². The topological polar surface area (TPSA) is 62.7 Å². The van der Waals surface area contributed by atoms with Gasteiger partial charge < -0.3 is 14.5 Å². The molecule has 1 spiro atoms. The van der Waals surface area contributed by atoms with E-state index in [1.54, 1.807) is 35.4 Å². The predicted molar refractivity (Wildman–Crippen MR) is 123 cm³/mol. The molecule has 0 radical (unpaired) electrons. The normalized spacial score (nSPS) is 20.0. The lowest BCUT2D eigenvalue weighted by Gasteiger charge is -2.38. The molecule has 0 aliphatic carbocycles. The van der Waals surface area contributed by atoms with Crippen LogP contribution < -0.4 is 4.74 Å². The third-order valence-corrected chi connectivity index (χ3v) is 6.93. The van der Waals surface area contributed by atoms with Gasteiger partial charge in [-0.1, -0.05) is 26.0 Å². The average Bonchev–Trinajstić information content (AvgIpc) is 3.05. The monoisotopic (exact) mass is 453 g/mol. The summed E-state index contributed by atoms with van der Waals surface area (Å²) in [5.41, 5.74) is 1.05. The van der Waals surface area contributed by atoms with Crippen molar-refractivity contribution in [1.82, 2.24) is 14.8 Å². The highest BCUT2D eigenvalue weighted by atomic mass is 19.1. The van der Waals surface area contributed by atoms with Crippen molar-refractivity contribution < 1.29 is 18.7 Å². The molecule has 1 aromatic carbocycles. The Balaban J connectivity index is 1.49. The Labute approximate surface area is 194 Å². The zero-order valence-electron chi connectivity index (χ0n) is 19.6. The van der Waals surface area contributed by atoms with Crippen molar-refractivity contribution in [3.63, 3.8) is 0 Å². The fraction of sp³-hybridized carbons (Fsp3) is 0.500. The summed E-state index contributed by atoms with van der Waals surface area (Å²) < 4.78 is 18.6. The Morgan fingerprint density at radius 1 is 1.21 bits per heavy atom. The van der Waals surface area contributed by atoms with Crippen molar-refractivity contribution in [1.29, 1.82) is 0 Å². The molecule has 3 heterocycles. The van der Waals surface area contributed by atoms with E-state index in [1.165, 1.54) is 19.2 Å². The predicted octanol–water partition coefficient (Wildman–Crippen LogP) is 3.95. The number of nitrogens with zero attached hydrogens (tertiary/aromatic N) is 3. The van der Waals surface area contributed by atoms with Gasteiger partial charge in [-0.05, 0) is 61.4 Å². The standard InChI is InChI=1S/C26H32FN3O3/c1-18(2)17-30-21(15-19-6-8-20(27)9-7-19)16-26(25(30)32)10-13-29(14-11-26)24(31)22-5-4-12-28-23(22)33-3/h4-9,12,18,21H,10-11,13-17H2,1-3H3/t21-/m0/s1. The van der Waals surface area contributed by atoms with Crippen molar-refractivity contribution in [3.8, 4) is 5.88 Å². The number of amides is 2. The number of carbonyl (C=O) groups excluding carboxylic acids is 2. The second kappa shape index (κ2) is 9.49. The lowest BCUT2D eigenvalue weighted by Crippen LogP contribution is -2.47. The van der Waals surface area contributed by atoms with Gasteiger partial charge in [0.1, 0.15) is 11.4 Å². The molecule has 0 unspecified atom stereocenters. The molecule has 0 N–H and O–H groups in total. The van der Waals surface area contributed by atoms with Crippen molar-refractivity contribution in [2.24, 2.45) is 11.3 Å². The zero-order chi connectivity index (χ0) is 23.6. The Morgan fingerprint density at radius 3 is 2.55 bits per heavy atom. The minimum Gasteiger partial charge on any atom is -0.480 e. The van der Waals surface area contributed by atoms with Crippen molar-refractivity contribution in [2.45, 2.75) is 45.6 Å². The molecule has 0 bridgehead atoms. The van der Waals surface area contributed by atoms with Crippen molar-refractivity contribution >= 4 is 11.8 Å². The highest BCUT2D eigenvalue weighted by Gasteiger charge is 2.52. The molecule has 0 saturated carbocycles. The van der Waals surface area contributed by atoms with E-state index in [9.17, 15) is 14.0 Å². The lowest BCUT2D eigenvalue weighted by atomic mass is 9.75. The van der Waals surface area contributed by atoms with E-state index in [-0.39, 0.29) is 23.7 Å². The molecule has 6 nitrogen and oxygen atoms in total. The minimum absolute atomic E-state index is 0.0889. The molecule has 1 aromatic heterocycles. The fourth-order valence-electron chi connectivity index (χ4n) is 5.26. The molecule has 2 aromatic rings. The first-order valence-corrected chi connectivity index (χ1v) is 11.7. The number of benzene rings is 1. The molecule has 176 valence electrons. The number of piperidine rings is 1. The molecular weight excluding hydrogens is 421 g/mol.